The third-order valence-electron chi connectivity index (χ3n) is 11.1. The van der Waals surface area contributed by atoms with Gasteiger partial charge in [0.15, 0.2) is 5.60 Å². The van der Waals surface area contributed by atoms with Crippen molar-refractivity contribution in [2.75, 3.05) is 13.2 Å². The van der Waals surface area contributed by atoms with Crippen LogP contribution in [0.1, 0.15) is 79.1 Å². The molecule has 0 bridgehead atoms. The highest BCUT2D eigenvalue weighted by molar-refractivity contribution is 7.47. The molecule has 10 atom stereocenters. The van der Waals surface area contributed by atoms with Crippen molar-refractivity contribution >= 4 is 13.8 Å². The van der Waals surface area contributed by atoms with Crippen LogP contribution >= 0.6 is 7.82 Å². The van der Waals surface area contributed by atoms with Gasteiger partial charge in [-0.25, -0.2) is 9.36 Å². The van der Waals surface area contributed by atoms with Gasteiger partial charge in [0.25, 0.3) is 0 Å². The van der Waals surface area contributed by atoms with Gasteiger partial charge in [-0.1, -0.05) is 13.8 Å². The minimum atomic E-state index is -4.09. The van der Waals surface area contributed by atoms with E-state index in [1.807, 2.05) is 13.8 Å². The SMILES string of the molecule is CC1=C(C)[C@@]2(OC1=O)C(O)C[C@H]1C3CC[C@@H]4CC(OP(=O)(O)OCCN)CC[C@]4(C)[C@H]3CC[C@@]12C. The molecule has 0 radical (unpaired) electrons. The van der Waals surface area contributed by atoms with Crippen molar-refractivity contribution < 1.29 is 33.1 Å². The van der Waals surface area contributed by atoms with Gasteiger partial charge in [0.1, 0.15) is 0 Å². The molecule has 1 spiro atoms. The van der Waals surface area contributed by atoms with Crippen LogP contribution in [0.3, 0.4) is 0 Å². The van der Waals surface area contributed by atoms with E-state index >= 15 is 0 Å². The van der Waals surface area contributed by atoms with Gasteiger partial charge in [-0.2, -0.15) is 0 Å². The van der Waals surface area contributed by atoms with Crippen LogP contribution in [0.5, 0.6) is 0 Å². The summed E-state index contributed by atoms with van der Waals surface area (Å²) in [7, 11) is -4.09. The summed E-state index contributed by atoms with van der Waals surface area (Å²) < 4.78 is 28.9. The van der Waals surface area contributed by atoms with Crippen LogP contribution in [-0.2, 0) is 23.1 Å². The zero-order chi connectivity index (χ0) is 25.4. The highest BCUT2D eigenvalue weighted by Gasteiger charge is 2.72. The average molecular weight is 512 g/mol. The number of hydrogen-bond acceptors (Lipinski definition) is 7. The summed E-state index contributed by atoms with van der Waals surface area (Å²) in [5, 5.41) is 11.4. The number of phosphoric acid groups is 1. The van der Waals surface area contributed by atoms with Crippen molar-refractivity contribution in [2.24, 2.45) is 40.2 Å². The van der Waals surface area contributed by atoms with E-state index < -0.39 is 19.5 Å². The van der Waals surface area contributed by atoms with E-state index in [4.69, 9.17) is 19.5 Å². The summed E-state index contributed by atoms with van der Waals surface area (Å²) in [6.07, 6.45) is 6.26. The van der Waals surface area contributed by atoms with Gasteiger partial charge in [-0.3, -0.25) is 9.05 Å². The molecule has 4 fully saturated rings. The molecule has 9 heteroatoms. The second kappa shape index (κ2) is 8.64. The average Bonchev–Trinajstić information content (AvgIpc) is 3.18. The first-order valence-electron chi connectivity index (χ1n) is 13.3. The maximum Gasteiger partial charge on any atom is 0.472 e. The van der Waals surface area contributed by atoms with Gasteiger partial charge in [-0.05, 0) is 99.9 Å². The molecule has 5 rings (SSSR count). The molecule has 4 saturated carbocycles. The fourth-order valence-corrected chi connectivity index (χ4v) is 10.3. The summed E-state index contributed by atoms with van der Waals surface area (Å²) in [6.45, 7) is 8.62. The van der Waals surface area contributed by atoms with Gasteiger partial charge in [-0.15, -0.1) is 0 Å². The van der Waals surface area contributed by atoms with Crippen LogP contribution in [0.15, 0.2) is 11.1 Å². The molecule has 1 heterocycles. The van der Waals surface area contributed by atoms with E-state index in [0.717, 1.165) is 50.5 Å². The van der Waals surface area contributed by atoms with Crippen molar-refractivity contribution in [3.05, 3.63) is 11.1 Å². The van der Waals surface area contributed by atoms with Crippen LogP contribution < -0.4 is 5.73 Å². The molecule has 4 unspecified atom stereocenters. The Morgan fingerprint density at radius 1 is 1.11 bits per heavy atom. The van der Waals surface area contributed by atoms with Crippen molar-refractivity contribution in [1.82, 2.24) is 0 Å². The lowest BCUT2D eigenvalue weighted by Gasteiger charge is -2.61. The van der Waals surface area contributed by atoms with Crippen LogP contribution in [0, 0.1) is 34.5 Å². The molecule has 198 valence electrons. The predicted molar refractivity (Wildman–Crippen MR) is 130 cm³/mol. The van der Waals surface area contributed by atoms with E-state index in [2.05, 4.69) is 13.8 Å². The maximum atomic E-state index is 12.6. The molecule has 35 heavy (non-hydrogen) atoms. The van der Waals surface area contributed by atoms with Crippen LogP contribution in [0.25, 0.3) is 0 Å². The molecule has 8 nitrogen and oxygen atoms in total. The van der Waals surface area contributed by atoms with Gasteiger partial charge in [0.05, 0.1) is 18.8 Å². The van der Waals surface area contributed by atoms with Crippen molar-refractivity contribution in [2.45, 2.75) is 96.9 Å². The smallest absolute Gasteiger partial charge is 0.448 e. The van der Waals surface area contributed by atoms with Crippen LogP contribution in [-0.4, -0.2) is 46.9 Å². The number of carbonyl (C=O) groups excluding carboxylic acids is 1. The lowest BCUT2D eigenvalue weighted by molar-refractivity contribution is -0.182. The number of esters is 1. The molecule has 0 aromatic carbocycles. The van der Waals surface area contributed by atoms with Crippen LogP contribution in [0.2, 0.25) is 0 Å². The first kappa shape index (κ1) is 25.9. The molecule has 0 saturated heterocycles. The monoisotopic (exact) mass is 511 g/mol. The molecular formula is C26H42NO7P. The normalized spacial score (nSPS) is 48.8. The van der Waals surface area contributed by atoms with Gasteiger partial charge < -0.3 is 20.5 Å². The first-order valence-corrected chi connectivity index (χ1v) is 14.8. The number of nitrogens with two attached hydrogens (primary N) is 1. The third kappa shape index (κ3) is 3.65. The van der Waals surface area contributed by atoms with Crippen LogP contribution in [0.4, 0.5) is 0 Å². The van der Waals surface area contributed by atoms with E-state index in [1.54, 1.807) is 0 Å². The van der Waals surface area contributed by atoms with Crippen molar-refractivity contribution in [1.29, 1.82) is 0 Å². The molecule has 4 N–H and O–H groups in total. The Bertz CT molecular complexity index is 969. The number of phosphoric ester groups is 1. The summed E-state index contributed by atoms with van der Waals surface area (Å²) >= 11 is 0. The van der Waals surface area contributed by atoms with E-state index in [9.17, 15) is 19.4 Å². The largest absolute Gasteiger partial charge is 0.472 e. The van der Waals surface area contributed by atoms with E-state index in [1.165, 1.54) is 0 Å². The molecule has 5 aliphatic rings. The second-order valence-electron chi connectivity index (χ2n) is 12.3. The predicted octanol–water partition coefficient (Wildman–Crippen LogP) is 4.09. The number of aliphatic hydroxyl groups is 1. The number of fused-ring (bicyclic) bond motifs is 6. The van der Waals surface area contributed by atoms with Crippen molar-refractivity contribution in [3.63, 3.8) is 0 Å². The standard InChI is InChI=1S/C26H42NO7P/c1-15-16(2)26(33-23(15)29)22(28)14-21-19-6-5-17-13-18(34-35(30,31)32-12-11-27)7-9-24(17,3)20(19)8-10-25(21,26)4/h17-22,28H,5-14,27H2,1-4H3,(H,30,31)/t17-,18?,19?,20+,21+,22?,24+,25+,26-/m1/s1. The molecule has 1 aliphatic heterocycles. The highest BCUT2D eigenvalue weighted by atomic mass is 31.2. The number of rotatable bonds is 5. The first-order chi connectivity index (χ1) is 16.4. The van der Waals surface area contributed by atoms with Gasteiger partial charge in [0, 0.05) is 17.5 Å². The molecular weight excluding hydrogens is 469 g/mol. The Balaban J connectivity index is 1.35. The Morgan fingerprint density at radius 2 is 1.86 bits per heavy atom. The zero-order valence-corrected chi connectivity index (χ0v) is 22.4. The van der Waals surface area contributed by atoms with Crippen molar-refractivity contribution in [3.8, 4) is 0 Å². The lowest BCUT2D eigenvalue weighted by atomic mass is 9.44. The quantitative estimate of drug-likeness (QED) is 0.372. The maximum absolute atomic E-state index is 12.6. The number of hydrogen-bond donors (Lipinski definition) is 3. The second-order valence-corrected chi connectivity index (χ2v) is 13.7. The Hall–Kier alpha value is -0.760. The number of carbonyl (C=O) groups is 1. The third-order valence-corrected chi connectivity index (χ3v) is 12.2. The molecule has 0 aromatic rings. The Kier molecular flexibility index (Phi) is 6.39. The Morgan fingerprint density at radius 3 is 2.51 bits per heavy atom. The molecule has 4 aliphatic carbocycles. The summed E-state index contributed by atoms with van der Waals surface area (Å²) in [6, 6.07) is 0. The minimum Gasteiger partial charge on any atom is -0.448 e. The summed E-state index contributed by atoms with van der Waals surface area (Å²) in [5.41, 5.74) is 5.94. The lowest BCUT2D eigenvalue weighted by Crippen LogP contribution is -2.58. The van der Waals surface area contributed by atoms with Gasteiger partial charge >= 0.3 is 13.8 Å². The summed E-state index contributed by atoms with van der Waals surface area (Å²) in [5.74, 6) is 1.45. The zero-order valence-electron chi connectivity index (χ0n) is 21.5. The molecule has 0 amide bonds. The topological polar surface area (TPSA) is 128 Å². The van der Waals surface area contributed by atoms with E-state index in [0.29, 0.717) is 35.7 Å². The fraction of sp³-hybridized carbons (Fsp3) is 0.885. The number of ether oxygens (including phenoxy) is 1. The number of aliphatic hydroxyl groups excluding tert-OH is 1. The fourth-order valence-electron chi connectivity index (χ4n) is 9.30. The van der Waals surface area contributed by atoms with E-state index in [-0.39, 0.29) is 36.1 Å². The minimum absolute atomic E-state index is 0.00237. The van der Waals surface area contributed by atoms with Gasteiger partial charge in [0.2, 0.25) is 0 Å². The summed E-state index contributed by atoms with van der Waals surface area (Å²) in [4.78, 5) is 22.6. The molecule has 0 aromatic heterocycles. The Labute approximate surface area is 208 Å². The highest BCUT2D eigenvalue weighted by Crippen LogP contribution is 2.71.